The Morgan fingerprint density at radius 3 is 2.56 bits per heavy atom. The molecule has 2 rings (SSSR count). The van der Waals surface area contributed by atoms with Crippen LogP contribution in [-0.4, -0.2) is 36.1 Å². The number of carbonyl (C=O) groups is 1. The van der Waals surface area contributed by atoms with Gasteiger partial charge in [0, 0.05) is 25.6 Å². The van der Waals surface area contributed by atoms with Gasteiger partial charge in [0.05, 0.1) is 11.8 Å². The second kappa shape index (κ2) is 9.25. The van der Waals surface area contributed by atoms with Gasteiger partial charge in [-0.05, 0) is 31.2 Å². The van der Waals surface area contributed by atoms with Crippen molar-refractivity contribution in [3.63, 3.8) is 0 Å². The van der Waals surface area contributed by atoms with Crippen molar-refractivity contribution < 1.29 is 18.7 Å². The van der Waals surface area contributed by atoms with E-state index >= 15 is 0 Å². The van der Waals surface area contributed by atoms with Gasteiger partial charge in [-0.25, -0.2) is 8.78 Å². The van der Waals surface area contributed by atoms with E-state index in [1.807, 2.05) is 42.3 Å². The third kappa shape index (κ3) is 6.25. The van der Waals surface area contributed by atoms with Gasteiger partial charge in [0.1, 0.15) is 11.6 Å². The molecule has 2 N–H and O–H groups in total. The first-order valence-corrected chi connectivity index (χ1v) is 8.12. The topological polar surface area (TPSA) is 52.6 Å². The van der Waals surface area contributed by atoms with Gasteiger partial charge in [-0.3, -0.25) is 4.79 Å². The lowest BCUT2D eigenvalue weighted by atomic mass is 10.1. The Labute approximate surface area is 146 Å². The molecule has 2 aromatic carbocycles. The summed E-state index contributed by atoms with van der Waals surface area (Å²) in [7, 11) is 1.85. The molecule has 134 valence electrons. The molecule has 6 heteroatoms. The number of aliphatic hydroxyl groups is 1. The summed E-state index contributed by atoms with van der Waals surface area (Å²) in [5.41, 5.74) is 0.828. The van der Waals surface area contributed by atoms with Crippen LogP contribution < -0.4 is 5.32 Å². The summed E-state index contributed by atoms with van der Waals surface area (Å²) >= 11 is 0. The minimum Gasteiger partial charge on any atom is -0.388 e. The van der Waals surface area contributed by atoms with Crippen molar-refractivity contribution in [1.82, 2.24) is 4.90 Å². The van der Waals surface area contributed by atoms with Gasteiger partial charge in [0.15, 0.2) is 0 Å². The second-order valence-electron chi connectivity index (χ2n) is 5.94. The molecule has 0 radical (unpaired) electrons. The van der Waals surface area contributed by atoms with Crippen LogP contribution in [0.3, 0.4) is 0 Å². The van der Waals surface area contributed by atoms with Crippen LogP contribution in [0.2, 0.25) is 0 Å². The number of nitrogens with zero attached hydrogens (tertiary/aromatic N) is 1. The van der Waals surface area contributed by atoms with E-state index in [2.05, 4.69) is 5.32 Å². The van der Waals surface area contributed by atoms with E-state index in [1.54, 1.807) is 0 Å². The summed E-state index contributed by atoms with van der Waals surface area (Å²) in [5, 5.41) is 12.5. The molecule has 1 unspecified atom stereocenters. The highest BCUT2D eigenvalue weighted by Crippen LogP contribution is 2.17. The average molecular weight is 348 g/mol. The van der Waals surface area contributed by atoms with E-state index in [-0.39, 0.29) is 18.0 Å². The van der Waals surface area contributed by atoms with Gasteiger partial charge in [-0.15, -0.1) is 0 Å². The predicted molar refractivity (Wildman–Crippen MR) is 93.1 cm³/mol. The molecule has 0 fully saturated rings. The Hall–Kier alpha value is -2.31. The maximum Gasteiger partial charge on any atom is 0.225 e. The monoisotopic (exact) mass is 348 g/mol. The Kier molecular flexibility index (Phi) is 7.03. The first-order valence-electron chi connectivity index (χ1n) is 8.12. The molecule has 0 bridgehead atoms. The maximum atomic E-state index is 13.5. The quantitative estimate of drug-likeness (QED) is 0.769. The van der Waals surface area contributed by atoms with Crippen molar-refractivity contribution in [2.24, 2.45) is 0 Å². The standard InChI is InChI=1S/C19H22F2N2O2/c1-23(11-9-18(24)14-5-3-2-4-6-14)12-10-19(25)22-17-8-7-15(20)13-16(17)21/h2-8,13,18,24H,9-12H2,1H3,(H,22,25). The molecule has 0 spiro atoms. The van der Waals surface area contributed by atoms with E-state index in [0.29, 0.717) is 19.5 Å². The summed E-state index contributed by atoms with van der Waals surface area (Å²) in [4.78, 5) is 13.8. The minimum absolute atomic E-state index is 0.0337. The largest absolute Gasteiger partial charge is 0.388 e. The molecular weight excluding hydrogens is 326 g/mol. The highest BCUT2D eigenvalue weighted by atomic mass is 19.1. The molecular formula is C19H22F2N2O2. The lowest BCUT2D eigenvalue weighted by Crippen LogP contribution is -2.26. The van der Waals surface area contributed by atoms with Crippen molar-refractivity contribution in [3.8, 4) is 0 Å². The smallest absolute Gasteiger partial charge is 0.225 e. The van der Waals surface area contributed by atoms with Crippen molar-refractivity contribution in [1.29, 1.82) is 0 Å². The fraction of sp³-hybridized carbons (Fsp3) is 0.316. The van der Waals surface area contributed by atoms with Gasteiger partial charge >= 0.3 is 0 Å². The highest BCUT2D eigenvalue weighted by Gasteiger charge is 2.11. The second-order valence-corrected chi connectivity index (χ2v) is 5.94. The number of aliphatic hydroxyl groups excluding tert-OH is 1. The van der Waals surface area contributed by atoms with E-state index in [4.69, 9.17) is 0 Å². The van der Waals surface area contributed by atoms with Crippen LogP contribution in [-0.2, 0) is 4.79 Å². The maximum absolute atomic E-state index is 13.5. The number of benzene rings is 2. The number of rotatable bonds is 8. The Morgan fingerprint density at radius 2 is 1.88 bits per heavy atom. The van der Waals surface area contributed by atoms with E-state index in [9.17, 15) is 18.7 Å². The molecule has 1 atom stereocenters. The summed E-state index contributed by atoms with van der Waals surface area (Å²) in [5.74, 6) is -1.83. The molecule has 0 saturated heterocycles. The lowest BCUT2D eigenvalue weighted by molar-refractivity contribution is -0.116. The molecule has 0 heterocycles. The zero-order chi connectivity index (χ0) is 18.2. The molecule has 2 aromatic rings. The number of carbonyl (C=O) groups excluding carboxylic acids is 1. The van der Waals surface area contributed by atoms with Crippen LogP contribution in [0.4, 0.5) is 14.5 Å². The molecule has 0 aromatic heterocycles. The van der Waals surface area contributed by atoms with E-state index < -0.39 is 17.7 Å². The van der Waals surface area contributed by atoms with Gasteiger partial charge in [0.25, 0.3) is 0 Å². The molecule has 4 nitrogen and oxygen atoms in total. The summed E-state index contributed by atoms with van der Waals surface area (Å²) in [6, 6.07) is 12.4. The fourth-order valence-electron chi connectivity index (χ4n) is 2.39. The van der Waals surface area contributed by atoms with Gasteiger partial charge in [0.2, 0.25) is 5.91 Å². The first kappa shape index (κ1) is 19.0. The zero-order valence-electron chi connectivity index (χ0n) is 14.1. The normalized spacial score (nSPS) is 12.2. The molecule has 25 heavy (non-hydrogen) atoms. The zero-order valence-corrected chi connectivity index (χ0v) is 14.1. The number of hydrogen-bond donors (Lipinski definition) is 2. The first-order chi connectivity index (χ1) is 12.0. The lowest BCUT2D eigenvalue weighted by Gasteiger charge is -2.19. The van der Waals surface area contributed by atoms with Gasteiger partial charge < -0.3 is 15.3 Å². The highest BCUT2D eigenvalue weighted by molar-refractivity contribution is 5.90. The fourth-order valence-corrected chi connectivity index (χ4v) is 2.39. The van der Waals surface area contributed by atoms with E-state index in [0.717, 1.165) is 17.7 Å². The summed E-state index contributed by atoms with van der Waals surface area (Å²) < 4.78 is 26.3. The molecule has 0 aliphatic rings. The molecule has 0 saturated carbocycles. The van der Waals surface area contributed by atoms with Crippen molar-refractivity contribution in [3.05, 3.63) is 65.7 Å². The van der Waals surface area contributed by atoms with Crippen molar-refractivity contribution >= 4 is 11.6 Å². The number of anilines is 1. The Morgan fingerprint density at radius 1 is 1.16 bits per heavy atom. The third-order valence-electron chi connectivity index (χ3n) is 3.89. The van der Waals surface area contributed by atoms with Crippen LogP contribution in [0.1, 0.15) is 24.5 Å². The van der Waals surface area contributed by atoms with E-state index in [1.165, 1.54) is 6.07 Å². The average Bonchev–Trinajstić information content (AvgIpc) is 2.61. The Bertz CT molecular complexity index is 695. The SMILES string of the molecule is CN(CCC(=O)Nc1ccc(F)cc1F)CCC(O)c1ccccc1. The van der Waals surface area contributed by atoms with Crippen LogP contribution in [0.5, 0.6) is 0 Å². The number of hydrogen-bond acceptors (Lipinski definition) is 3. The summed E-state index contributed by atoms with van der Waals surface area (Å²) in [6.07, 6.45) is 0.175. The Balaban J connectivity index is 1.72. The molecule has 0 aliphatic carbocycles. The van der Waals surface area contributed by atoms with Crippen molar-refractivity contribution in [2.75, 3.05) is 25.5 Å². The number of amides is 1. The molecule has 1 amide bonds. The predicted octanol–water partition coefficient (Wildman–Crippen LogP) is 3.35. The van der Waals surface area contributed by atoms with Crippen LogP contribution in [0, 0.1) is 11.6 Å². The summed E-state index contributed by atoms with van der Waals surface area (Å²) in [6.45, 7) is 1.09. The van der Waals surface area contributed by atoms with Crippen LogP contribution >= 0.6 is 0 Å². The minimum atomic E-state index is -0.798. The number of nitrogens with one attached hydrogen (secondary N) is 1. The van der Waals surface area contributed by atoms with Gasteiger partial charge in [-0.2, -0.15) is 0 Å². The molecule has 0 aliphatic heterocycles. The third-order valence-corrected chi connectivity index (χ3v) is 3.89. The van der Waals surface area contributed by atoms with Crippen LogP contribution in [0.15, 0.2) is 48.5 Å². The number of halogens is 2. The van der Waals surface area contributed by atoms with Gasteiger partial charge in [-0.1, -0.05) is 30.3 Å². The van der Waals surface area contributed by atoms with Crippen LogP contribution in [0.25, 0.3) is 0 Å². The van der Waals surface area contributed by atoms with Crippen molar-refractivity contribution in [2.45, 2.75) is 18.9 Å².